The van der Waals surface area contributed by atoms with E-state index in [9.17, 15) is 4.79 Å². The molecule has 0 spiro atoms. The van der Waals surface area contributed by atoms with Crippen LogP contribution in [0.4, 0.5) is 11.4 Å². The Labute approximate surface area is 112 Å². The lowest BCUT2D eigenvalue weighted by Crippen LogP contribution is -2.35. The topological polar surface area (TPSA) is 96.7 Å². The van der Waals surface area contributed by atoms with Crippen LogP contribution in [-0.4, -0.2) is 31.0 Å². The molecular weight excluding hydrogens is 242 g/mol. The van der Waals surface area contributed by atoms with Crippen LogP contribution in [0.3, 0.4) is 0 Å². The summed E-state index contributed by atoms with van der Waals surface area (Å²) in [6.07, 6.45) is 0.967. The van der Waals surface area contributed by atoms with Gasteiger partial charge in [-0.05, 0) is 30.7 Å². The summed E-state index contributed by atoms with van der Waals surface area (Å²) in [6, 6.07) is 7.95. The van der Waals surface area contributed by atoms with Crippen LogP contribution in [0.25, 0.3) is 0 Å². The quantitative estimate of drug-likeness (QED) is 0.539. The first kappa shape index (κ1) is 13.2. The molecule has 5 N–H and O–H groups in total. The van der Waals surface area contributed by atoms with Crippen LogP contribution in [0.15, 0.2) is 29.3 Å². The van der Waals surface area contributed by atoms with Gasteiger partial charge in [0.1, 0.15) is 0 Å². The number of amides is 1. The number of benzene rings is 1. The molecule has 1 aliphatic heterocycles. The first-order chi connectivity index (χ1) is 9.04. The molecule has 1 aromatic rings. The average Bonchev–Trinajstić information content (AvgIpc) is 2.76. The van der Waals surface area contributed by atoms with E-state index in [2.05, 4.69) is 15.2 Å². The molecule has 1 saturated heterocycles. The smallest absolute Gasteiger partial charge is 0.217 e. The lowest BCUT2D eigenvalue weighted by atomic mass is 10.2. The normalized spacial score (nSPS) is 18.2. The van der Waals surface area contributed by atoms with E-state index < -0.39 is 0 Å². The molecule has 0 aliphatic carbocycles. The van der Waals surface area contributed by atoms with Gasteiger partial charge in [-0.15, -0.1) is 0 Å². The highest BCUT2D eigenvalue weighted by Gasteiger charge is 2.22. The third kappa shape index (κ3) is 3.61. The van der Waals surface area contributed by atoms with Crippen LogP contribution < -0.4 is 21.7 Å². The Hall–Kier alpha value is -2.24. The third-order valence-corrected chi connectivity index (χ3v) is 3.07. The highest BCUT2D eigenvalue weighted by molar-refractivity contribution is 5.79. The van der Waals surface area contributed by atoms with Gasteiger partial charge in [-0.2, -0.15) is 0 Å². The van der Waals surface area contributed by atoms with Gasteiger partial charge >= 0.3 is 0 Å². The summed E-state index contributed by atoms with van der Waals surface area (Å²) in [5.74, 6) is 0.0783. The molecule has 0 saturated carbocycles. The van der Waals surface area contributed by atoms with Gasteiger partial charge in [0.05, 0.1) is 5.69 Å². The van der Waals surface area contributed by atoms with Crippen LogP contribution in [-0.2, 0) is 4.79 Å². The monoisotopic (exact) mass is 261 g/mol. The molecular formula is C13H19N5O. The molecule has 1 amide bonds. The van der Waals surface area contributed by atoms with E-state index in [4.69, 9.17) is 11.5 Å². The predicted octanol–water partition coefficient (Wildman–Crippen LogP) is 0.306. The summed E-state index contributed by atoms with van der Waals surface area (Å²) in [7, 11) is 0. The molecule has 1 aromatic carbocycles. The van der Waals surface area contributed by atoms with Crippen molar-refractivity contribution in [1.82, 2.24) is 5.32 Å². The fourth-order valence-corrected chi connectivity index (χ4v) is 2.29. The van der Waals surface area contributed by atoms with Crippen molar-refractivity contribution in [2.75, 3.05) is 18.0 Å². The van der Waals surface area contributed by atoms with Crippen molar-refractivity contribution in [3.05, 3.63) is 24.3 Å². The van der Waals surface area contributed by atoms with Gasteiger partial charge in [-0.3, -0.25) is 4.79 Å². The number of carbonyl (C=O) groups is 1. The second-order valence-electron chi connectivity index (χ2n) is 4.69. The second kappa shape index (κ2) is 5.60. The van der Waals surface area contributed by atoms with Crippen molar-refractivity contribution in [2.24, 2.45) is 16.5 Å². The third-order valence-electron chi connectivity index (χ3n) is 3.07. The van der Waals surface area contributed by atoms with Gasteiger partial charge in [0.2, 0.25) is 5.91 Å². The van der Waals surface area contributed by atoms with Crippen molar-refractivity contribution < 1.29 is 4.79 Å². The van der Waals surface area contributed by atoms with E-state index in [0.29, 0.717) is 0 Å². The van der Waals surface area contributed by atoms with E-state index in [0.717, 1.165) is 30.9 Å². The molecule has 0 aromatic heterocycles. The van der Waals surface area contributed by atoms with Crippen LogP contribution in [0.2, 0.25) is 0 Å². The van der Waals surface area contributed by atoms with Crippen molar-refractivity contribution in [2.45, 2.75) is 19.4 Å². The molecule has 1 atom stereocenters. The van der Waals surface area contributed by atoms with Gasteiger partial charge in [-0.1, -0.05) is 0 Å². The average molecular weight is 261 g/mol. The van der Waals surface area contributed by atoms with Crippen molar-refractivity contribution >= 4 is 23.2 Å². The molecule has 1 aliphatic rings. The fraction of sp³-hybridized carbons (Fsp3) is 0.385. The summed E-state index contributed by atoms with van der Waals surface area (Å²) < 4.78 is 0. The maximum absolute atomic E-state index is 11.0. The number of hydrogen-bond donors (Lipinski definition) is 3. The molecule has 0 unspecified atom stereocenters. The minimum atomic E-state index is 0.0231. The van der Waals surface area contributed by atoms with Crippen LogP contribution in [0, 0.1) is 0 Å². The van der Waals surface area contributed by atoms with Crippen molar-refractivity contribution in [1.29, 1.82) is 0 Å². The fourth-order valence-electron chi connectivity index (χ4n) is 2.29. The molecule has 19 heavy (non-hydrogen) atoms. The minimum Gasteiger partial charge on any atom is -0.370 e. The zero-order valence-corrected chi connectivity index (χ0v) is 11.0. The maximum atomic E-state index is 11.0. The summed E-state index contributed by atoms with van der Waals surface area (Å²) >= 11 is 0. The van der Waals surface area contributed by atoms with Gasteiger partial charge in [-0.25, -0.2) is 4.99 Å². The van der Waals surface area contributed by atoms with Gasteiger partial charge in [0.25, 0.3) is 0 Å². The molecule has 0 bridgehead atoms. The molecule has 102 valence electrons. The highest BCUT2D eigenvalue weighted by Crippen LogP contribution is 2.23. The Kier molecular flexibility index (Phi) is 3.89. The summed E-state index contributed by atoms with van der Waals surface area (Å²) in [4.78, 5) is 17.2. The predicted molar refractivity (Wildman–Crippen MR) is 76.3 cm³/mol. The van der Waals surface area contributed by atoms with Gasteiger partial charge < -0.3 is 21.7 Å². The van der Waals surface area contributed by atoms with E-state index in [1.54, 1.807) is 6.92 Å². The number of nitrogens with zero attached hydrogens (tertiary/aromatic N) is 2. The maximum Gasteiger partial charge on any atom is 0.217 e. The largest absolute Gasteiger partial charge is 0.370 e. The molecule has 6 heteroatoms. The second-order valence-corrected chi connectivity index (χ2v) is 4.69. The molecule has 0 radical (unpaired) electrons. The lowest BCUT2D eigenvalue weighted by molar-refractivity contribution is -0.119. The number of rotatable bonds is 3. The van der Waals surface area contributed by atoms with Gasteiger partial charge in [0, 0.05) is 31.7 Å². The Morgan fingerprint density at radius 3 is 2.63 bits per heavy atom. The van der Waals surface area contributed by atoms with Crippen LogP contribution in [0.1, 0.15) is 13.3 Å². The first-order valence-electron chi connectivity index (χ1n) is 6.26. The minimum absolute atomic E-state index is 0.0231. The van der Waals surface area contributed by atoms with Crippen molar-refractivity contribution in [3.63, 3.8) is 0 Å². The Morgan fingerprint density at radius 2 is 2.05 bits per heavy atom. The standard InChI is InChI=1S/C13H19N5O/c1-9(19)16-11-6-7-18(8-11)12-4-2-10(3-5-12)17-13(14)15/h2-5,11H,6-8H2,1H3,(H,16,19)(H4,14,15,17)/t11-/m0/s1. The van der Waals surface area contributed by atoms with Crippen molar-refractivity contribution in [3.8, 4) is 0 Å². The lowest BCUT2D eigenvalue weighted by Gasteiger charge is -2.18. The zero-order valence-electron chi connectivity index (χ0n) is 11.0. The molecule has 1 heterocycles. The number of nitrogens with one attached hydrogen (secondary N) is 1. The number of hydrogen-bond acceptors (Lipinski definition) is 3. The SMILES string of the molecule is CC(=O)N[C@H]1CCN(c2ccc(N=C(N)N)cc2)C1. The summed E-state index contributed by atoms with van der Waals surface area (Å²) in [5.41, 5.74) is 12.5. The van der Waals surface area contributed by atoms with Crippen LogP contribution >= 0.6 is 0 Å². The highest BCUT2D eigenvalue weighted by atomic mass is 16.1. The van der Waals surface area contributed by atoms with Gasteiger partial charge in [0.15, 0.2) is 5.96 Å². The van der Waals surface area contributed by atoms with E-state index >= 15 is 0 Å². The Bertz CT molecular complexity index is 478. The Balaban J connectivity index is 2.00. The number of carbonyl (C=O) groups excluding carboxylic acids is 1. The molecule has 6 nitrogen and oxygen atoms in total. The number of anilines is 1. The Morgan fingerprint density at radius 1 is 1.37 bits per heavy atom. The zero-order chi connectivity index (χ0) is 13.8. The number of aliphatic imine (C=N–C) groups is 1. The molecule has 1 fully saturated rings. The van der Waals surface area contributed by atoms with Crippen LogP contribution in [0.5, 0.6) is 0 Å². The van der Waals surface area contributed by atoms with E-state index in [1.165, 1.54) is 0 Å². The van der Waals surface area contributed by atoms with E-state index in [-0.39, 0.29) is 17.9 Å². The van der Waals surface area contributed by atoms with E-state index in [1.807, 2.05) is 24.3 Å². The summed E-state index contributed by atoms with van der Waals surface area (Å²) in [5, 5.41) is 2.94. The number of guanidine groups is 1. The number of nitrogens with two attached hydrogens (primary N) is 2. The summed E-state index contributed by atoms with van der Waals surface area (Å²) in [6.45, 7) is 3.32. The molecule has 2 rings (SSSR count). The first-order valence-corrected chi connectivity index (χ1v) is 6.26.